The second kappa shape index (κ2) is 6.65. The zero-order valence-corrected chi connectivity index (χ0v) is 12.6. The highest BCUT2D eigenvalue weighted by Crippen LogP contribution is 2.20. The molecule has 0 N–H and O–H groups in total. The van der Waals surface area contributed by atoms with E-state index in [0.717, 1.165) is 16.8 Å². The van der Waals surface area contributed by atoms with E-state index in [1.807, 2.05) is 43.5 Å². The molecule has 1 aromatic carbocycles. The van der Waals surface area contributed by atoms with Gasteiger partial charge in [0, 0.05) is 25.0 Å². The summed E-state index contributed by atoms with van der Waals surface area (Å²) >= 11 is 0. The van der Waals surface area contributed by atoms with Gasteiger partial charge in [-0.1, -0.05) is 36.1 Å². The smallest absolute Gasteiger partial charge is 0.321 e. The van der Waals surface area contributed by atoms with E-state index in [9.17, 15) is 0 Å². The van der Waals surface area contributed by atoms with Crippen LogP contribution in [0.5, 0.6) is 11.8 Å². The molecular weight excluding hydrogens is 290 g/mol. The average Bonchev–Trinajstić information content (AvgIpc) is 2.99. The van der Waals surface area contributed by atoms with Gasteiger partial charge in [-0.15, -0.1) is 5.10 Å². The molecule has 3 aromatic rings. The first-order valence-electron chi connectivity index (χ1n) is 7.00. The highest BCUT2D eigenvalue weighted by Gasteiger charge is 2.05. The average molecular weight is 305 g/mol. The van der Waals surface area contributed by atoms with Crippen LogP contribution in [0.15, 0.2) is 61.6 Å². The Bertz CT molecular complexity index is 822. The molecule has 0 spiro atoms. The lowest BCUT2D eigenvalue weighted by Crippen LogP contribution is -1.95. The van der Waals surface area contributed by atoms with E-state index in [1.165, 1.54) is 0 Å². The number of allylic oxidation sites excluding steroid dienone is 2. The maximum absolute atomic E-state index is 5.58. The minimum atomic E-state index is 0.297. The van der Waals surface area contributed by atoms with Crippen molar-refractivity contribution < 1.29 is 4.74 Å². The van der Waals surface area contributed by atoms with Gasteiger partial charge in [0.15, 0.2) is 0 Å². The number of aromatic nitrogens is 5. The summed E-state index contributed by atoms with van der Waals surface area (Å²) in [6.07, 6.45) is 8.73. The van der Waals surface area contributed by atoms with E-state index in [2.05, 4.69) is 26.9 Å². The Morgan fingerprint density at radius 1 is 1.13 bits per heavy atom. The topological polar surface area (TPSA) is 65.7 Å². The van der Waals surface area contributed by atoms with Crippen molar-refractivity contribution in [2.24, 2.45) is 7.05 Å². The van der Waals surface area contributed by atoms with Crippen LogP contribution in [0.4, 0.5) is 0 Å². The summed E-state index contributed by atoms with van der Waals surface area (Å²) in [7, 11) is 1.83. The van der Waals surface area contributed by atoms with Gasteiger partial charge in [-0.25, -0.2) is 14.6 Å². The summed E-state index contributed by atoms with van der Waals surface area (Å²) in [5.41, 5.74) is 2.58. The van der Waals surface area contributed by atoms with Crippen molar-refractivity contribution in [2.45, 2.75) is 0 Å². The highest BCUT2D eigenvalue weighted by molar-refractivity contribution is 5.85. The number of rotatable bonds is 5. The summed E-state index contributed by atoms with van der Waals surface area (Å²) < 4.78 is 7.26. The molecule has 0 atom stereocenters. The Balaban J connectivity index is 1.82. The van der Waals surface area contributed by atoms with Crippen LogP contribution in [0.3, 0.4) is 0 Å². The zero-order chi connectivity index (χ0) is 16.1. The summed E-state index contributed by atoms with van der Waals surface area (Å²) in [4.78, 5) is 8.47. The number of ether oxygens (including phenoxy) is 1. The molecular formula is C17H15N5O. The van der Waals surface area contributed by atoms with Crippen LogP contribution < -0.4 is 4.74 Å². The largest absolute Gasteiger partial charge is 0.424 e. The van der Waals surface area contributed by atoms with Crippen molar-refractivity contribution in [1.29, 1.82) is 0 Å². The van der Waals surface area contributed by atoms with Crippen LogP contribution in [-0.4, -0.2) is 25.0 Å². The van der Waals surface area contributed by atoms with Gasteiger partial charge in [-0.2, -0.15) is 0 Å². The number of para-hydroxylation sites is 1. The van der Waals surface area contributed by atoms with Crippen molar-refractivity contribution in [3.63, 3.8) is 0 Å². The van der Waals surface area contributed by atoms with Crippen molar-refractivity contribution in [3.8, 4) is 11.8 Å². The molecule has 0 unspecified atom stereocenters. The first-order valence-corrected chi connectivity index (χ1v) is 7.00. The SMILES string of the molecule is C=C/C(=C\c1cnnn1C)c1cnc(Oc2ccccc2)nc1. The first-order chi connectivity index (χ1) is 11.3. The lowest BCUT2D eigenvalue weighted by atomic mass is 10.1. The van der Waals surface area contributed by atoms with Gasteiger partial charge in [-0.05, 0) is 23.8 Å². The molecule has 0 bridgehead atoms. The molecule has 0 aliphatic rings. The Morgan fingerprint density at radius 2 is 1.87 bits per heavy atom. The molecule has 114 valence electrons. The predicted molar refractivity (Wildman–Crippen MR) is 87.6 cm³/mol. The lowest BCUT2D eigenvalue weighted by molar-refractivity contribution is 0.441. The maximum Gasteiger partial charge on any atom is 0.321 e. The van der Waals surface area contributed by atoms with E-state index in [-0.39, 0.29) is 0 Å². The summed E-state index contributed by atoms with van der Waals surface area (Å²) in [6.45, 7) is 3.83. The van der Waals surface area contributed by atoms with E-state index < -0.39 is 0 Å². The van der Waals surface area contributed by atoms with Gasteiger partial charge in [0.05, 0.1) is 11.9 Å². The van der Waals surface area contributed by atoms with Crippen LogP contribution >= 0.6 is 0 Å². The van der Waals surface area contributed by atoms with E-state index in [0.29, 0.717) is 11.8 Å². The van der Waals surface area contributed by atoms with Gasteiger partial charge in [0.2, 0.25) is 0 Å². The zero-order valence-electron chi connectivity index (χ0n) is 12.6. The van der Waals surface area contributed by atoms with Crippen molar-refractivity contribution in [2.75, 3.05) is 0 Å². The van der Waals surface area contributed by atoms with E-state index in [1.54, 1.807) is 29.3 Å². The summed E-state index contributed by atoms with van der Waals surface area (Å²) in [5, 5.41) is 7.74. The fourth-order valence-corrected chi connectivity index (χ4v) is 1.96. The van der Waals surface area contributed by atoms with E-state index in [4.69, 9.17) is 4.74 Å². The van der Waals surface area contributed by atoms with Gasteiger partial charge in [0.25, 0.3) is 0 Å². The molecule has 0 saturated carbocycles. The normalized spacial score (nSPS) is 11.3. The number of hydrogen-bond donors (Lipinski definition) is 0. The monoisotopic (exact) mass is 305 g/mol. The Kier molecular flexibility index (Phi) is 4.24. The molecule has 0 aliphatic heterocycles. The molecule has 6 nitrogen and oxygen atoms in total. The second-order valence-corrected chi connectivity index (χ2v) is 4.76. The maximum atomic E-state index is 5.58. The van der Waals surface area contributed by atoms with Gasteiger partial charge >= 0.3 is 6.01 Å². The Hall–Kier alpha value is -3.28. The van der Waals surface area contributed by atoms with Crippen LogP contribution in [0.1, 0.15) is 11.3 Å². The van der Waals surface area contributed by atoms with Crippen molar-refractivity contribution in [1.82, 2.24) is 25.0 Å². The lowest BCUT2D eigenvalue weighted by Gasteiger charge is -2.05. The second-order valence-electron chi connectivity index (χ2n) is 4.76. The standard InChI is InChI=1S/C17H15N5O/c1-3-13(9-15-12-20-21-22(15)2)14-10-18-17(19-11-14)23-16-7-5-4-6-8-16/h3-12H,1H2,2H3/b13-9+. The number of aryl methyl sites for hydroxylation is 1. The van der Waals surface area contributed by atoms with Gasteiger partial charge in [0.1, 0.15) is 5.75 Å². The Morgan fingerprint density at radius 3 is 2.48 bits per heavy atom. The van der Waals surface area contributed by atoms with Crippen LogP contribution in [-0.2, 0) is 7.05 Å². The first kappa shape index (κ1) is 14.6. The molecule has 0 aliphatic carbocycles. The van der Waals surface area contributed by atoms with Crippen molar-refractivity contribution >= 4 is 11.6 Å². The minimum Gasteiger partial charge on any atom is -0.424 e. The number of benzene rings is 1. The third-order valence-corrected chi connectivity index (χ3v) is 3.19. The summed E-state index contributed by atoms with van der Waals surface area (Å²) in [6, 6.07) is 9.70. The van der Waals surface area contributed by atoms with Gasteiger partial charge in [-0.3, -0.25) is 0 Å². The molecule has 0 amide bonds. The third kappa shape index (κ3) is 3.49. The molecule has 23 heavy (non-hydrogen) atoms. The molecule has 3 rings (SSSR count). The van der Waals surface area contributed by atoms with Crippen LogP contribution in [0.25, 0.3) is 11.6 Å². The summed E-state index contributed by atoms with van der Waals surface area (Å²) in [5.74, 6) is 0.695. The van der Waals surface area contributed by atoms with Gasteiger partial charge < -0.3 is 4.74 Å². The molecule has 0 radical (unpaired) electrons. The molecule has 0 saturated heterocycles. The predicted octanol–water partition coefficient (Wildman–Crippen LogP) is 3.12. The fraction of sp³-hybridized carbons (Fsp3) is 0.0588. The highest BCUT2D eigenvalue weighted by atomic mass is 16.5. The minimum absolute atomic E-state index is 0.297. The van der Waals surface area contributed by atoms with Crippen LogP contribution in [0, 0.1) is 0 Å². The number of nitrogens with zero attached hydrogens (tertiary/aromatic N) is 5. The number of hydrogen-bond acceptors (Lipinski definition) is 5. The molecule has 6 heteroatoms. The quantitative estimate of drug-likeness (QED) is 0.678. The molecule has 2 heterocycles. The van der Waals surface area contributed by atoms with E-state index >= 15 is 0 Å². The molecule has 0 fully saturated rings. The molecule has 2 aromatic heterocycles. The van der Waals surface area contributed by atoms with Crippen molar-refractivity contribution in [3.05, 3.63) is 72.8 Å². The fourth-order valence-electron chi connectivity index (χ4n) is 1.96. The Labute approximate surface area is 133 Å². The van der Waals surface area contributed by atoms with Crippen LogP contribution in [0.2, 0.25) is 0 Å². The third-order valence-electron chi connectivity index (χ3n) is 3.19.